The molecule has 0 bridgehead atoms. The predicted octanol–water partition coefficient (Wildman–Crippen LogP) is 4.74. The second-order valence-corrected chi connectivity index (χ2v) is 5.14. The molecule has 0 unspecified atom stereocenters. The van der Waals surface area contributed by atoms with Gasteiger partial charge < -0.3 is 9.97 Å². The largest absolute Gasteiger partial charge is 0.367 e. The minimum atomic E-state index is 0.874. The number of imidazole rings is 1. The summed E-state index contributed by atoms with van der Waals surface area (Å²) in [6, 6.07) is 22.6. The van der Waals surface area contributed by atoms with Crippen molar-refractivity contribution in [2.75, 3.05) is 0 Å². The van der Waals surface area contributed by atoms with E-state index in [1.807, 2.05) is 54.9 Å². The van der Waals surface area contributed by atoms with Crippen molar-refractivity contribution >= 4 is 0 Å². The molecule has 2 N–H and O–H groups in total. The summed E-state index contributed by atoms with van der Waals surface area (Å²) in [5, 5.41) is 0. The van der Waals surface area contributed by atoms with Crippen LogP contribution >= 0.6 is 0 Å². The third kappa shape index (κ3) is 2.23. The van der Waals surface area contributed by atoms with E-state index in [1.54, 1.807) is 0 Å². The predicted molar refractivity (Wildman–Crippen MR) is 89.2 cm³/mol. The number of aromatic nitrogens is 3. The summed E-state index contributed by atoms with van der Waals surface area (Å²) in [6.07, 6.45) is 3.85. The first kappa shape index (κ1) is 12.7. The van der Waals surface area contributed by atoms with Crippen molar-refractivity contribution in [3.8, 4) is 33.9 Å². The van der Waals surface area contributed by atoms with Crippen LogP contribution in [0.1, 0.15) is 0 Å². The van der Waals surface area contributed by atoms with Crippen molar-refractivity contribution in [3.63, 3.8) is 0 Å². The van der Waals surface area contributed by atoms with Crippen LogP contribution in [-0.4, -0.2) is 15.0 Å². The van der Waals surface area contributed by atoms with E-state index in [0.29, 0.717) is 0 Å². The molecule has 0 saturated heterocycles. The van der Waals surface area contributed by atoms with Crippen LogP contribution < -0.4 is 0 Å². The smallest absolute Gasteiger partial charge is 0.140 e. The van der Waals surface area contributed by atoms with Crippen molar-refractivity contribution < 1.29 is 0 Å². The molecular weight excluding hydrogens is 270 g/mol. The van der Waals surface area contributed by atoms with Crippen molar-refractivity contribution in [3.05, 3.63) is 79.1 Å². The third-order valence-corrected chi connectivity index (χ3v) is 3.68. The second kappa shape index (κ2) is 5.37. The molecule has 2 heterocycles. The summed E-state index contributed by atoms with van der Waals surface area (Å²) < 4.78 is 0. The Hall–Kier alpha value is -3.07. The molecule has 106 valence electrons. The molecule has 0 aliphatic carbocycles. The van der Waals surface area contributed by atoms with Crippen molar-refractivity contribution in [1.29, 1.82) is 0 Å². The number of hydrogen-bond donors (Lipinski definition) is 2. The van der Waals surface area contributed by atoms with Crippen molar-refractivity contribution in [1.82, 2.24) is 15.0 Å². The molecule has 0 saturated carbocycles. The van der Waals surface area contributed by atoms with Gasteiger partial charge in [0.05, 0.1) is 11.4 Å². The third-order valence-electron chi connectivity index (χ3n) is 3.68. The summed E-state index contributed by atoms with van der Waals surface area (Å²) in [6.45, 7) is 0. The highest BCUT2D eigenvalue weighted by atomic mass is 14.9. The van der Waals surface area contributed by atoms with Crippen LogP contribution in [0.25, 0.3) is 33.9 Å². The zero-order valence-corrected chi connectivity index (χ0v) is 12.0. The highest BCUT2D eigenvalue weighted by molar-refractivity contribution is 5.81. The summed E-state index contributed by atoms with van der Waals surface area (Å²) in [5.74, 6) is 0.874. The SMILES string of the molecule is c1ccc(-c2nc(-c3cc[nH]c3)[nH]c2-c2ccccc2)cc1. The lowest BCUT2D eigenvalue weighted by Crippen LogP contribution is -1.82. The molecule has 3 nitrogen and oxygen atoms in total. The van der Waals surface area contributed by atoms with Crippen molar-refractivity contribution in [2.45, 2.75) is 0 Å². The molecule has 2 aromatic carbocycles. The van der Waals surface area contributed by atoms with E-state index in [0.717, 1.165) is 33.9 Å². The zero-order valence-electron chi connectivity index (χ0n) is 12.0. The Bertz CT molecular complexity index is 803. The maximum Gasteiger partial charge on any atom is 0.140 e. The lowest BCUT2D eigenvalue weighted by atomic mass is 10.1. The summed E-state index contributed by atoms with van der Waals surface area (Å²) in [5.41, 5.74) is 5.32. The minimum Gasteiger partial charge on any atom is -0.367 e. The van der Waals surface area contributed by atoms with Gasteiger partial charge in [-0.25, -0.2) is 4.98 Å². The molecule has 0 aliphatic rings. The van der Waals surface area contributed by atoms with Crippen LogP contribution in [0, 0.1) is 0 Å². The Balaban J connectivity index is 1.92. The number of rotatable bonds is 3. The van der Waals surface area contributed by atoms with E-state index in [1.165, 1.54) is 0 Å². The average molecular weight is 285 g/mol. The van der Waals surface area contributed by atoms with Gasteiger partial charge in [-0.05, 0) is 6.07 Å². The molecule has 0 amide bonds. The molecule has 0 atom stereocenters. The van der Waals surface area contributed by atoms with Crippen LogP contribution in [0.2, 0.25) is 0 Å². The summed E-state index contributed by atoms with van der Waals surface area (Å²) >= 11 is 0. The van der Waals surface area contributed by atoms with E-state index in [2.05, 4.69) is 34.2 Å². The van der Waals surface area contributed by atoms with Gasteiger partial charge in [0.15, 0.2) is 0 Å². The van der Waals surface area contributed by atoms with Gasteiger partial charge in [0, 0.05) is 29.1 Å². The second-order valence-electron chi connectivity index (χ2n) is 5.14. The first-order valence-electron chi connectivity index (χ1n) is 7.26. The zero-order chi connectivity index (χ0) is 14.8. The van der Waals surface area contributed by atoms with E-state index < -0.39 is 0 Å². The average Bonchev–Trinajstić information content (AvgIpc) is 3.26. The highest BCUT2D eigenvalue weighted by Crippen LogP contribution is 2.32. The van der Waals surface area contributed by atoms with Crippen LogP contribution in [0.15, 0.2) is 79.1 Å². The van der Waals surface area contributed by atoms with Gasteiger partial charge in [0.2, 0.25) is 0 Å². The lowest BCUT2D eigenvalue weighted by molar-refractivity contribution is 1.31. The van der Waals surface area contributed by atoms with E-state index in [-0.39, 0.29) is 0 Å². The standard InChI is InChI=1S/C19H15N3/c1-3-7-14(8-4-1)17-18(15-9-5-2-6-10-15)22-19(21-17)16-11-12-20-13-16/h1-13,20H,(H,21,22). The molecule has 4 aromatic rings. The topological polar surface area (TPSA) is 44.5 Å². The number of H-pyrrole nitrogens is 2. The molecule has 2 aromatic heterocycles. The molecule has 0 radical (unpaired) electrons. The van der Waals surface area contributed by atoms with Crippen LogP contribution in [0.4, 0.5) is 0 Å². The Labute approximate surface area is 128 Å². The van der Waals surface area contributed by atoms with Gasteiger partial charge >= 0.3 is 0 Å². The minimum absolute atomic E-state index is 0.874. The van der Waals surface area contributed by atoms with E-state index >= 15 is 0 Å². The Morgan fingerprint density at radius 2 is 1.36 bits per heavy atom. The van der Waals surface area contributed by atoms with Gasteiger partial charge in [-0.15, -0.1) is 0 Å². The lowest BCUT2D eigenvalue weighted by Gasteiger charge is -2.02. The molecule has 3 heteroatoms. The van der Waals surface area contributed by atoms with Crippen molar-refractivity contribution in [2.24, 2.45) is 0 Å². The monoisotopic (exact) mass is 285 g/mol. The van der Waals surface area contributed by atoms with E-state index in [4.69, 9.17) is 4.98 Å². The molecule has 4 rings (SSSR count). The maximum atomic E-state index is 4.82. The van der Waals surface area contributed by atoms with Gasteiger partial charge in [-0.3, -0.25) is 0 Å². The molecule has 0 aliphatic heterocycles. The number of nitrogens with zero attached hydrogens (tertiary/aromatic N) is 1. The first-order valence-corrected chi connectivity index (χ1v) is 7.26. The van der Waals surface area contributed by atoms with Gasteiger partial charge in [0.25, 0.3) is 0 Å². The number of hydrogen-bond acceptors (Lipinski definition) is 1. The van der Waals surface area contributed by atoms with Gasteiger partial charge in [-0.1, -0.05) is 60.7 Å². The normalized spacial score (nSPS) is 10.7. The fourth-order valence-electron chi connectivity index (χ4n) is 2.60. The van der Waals surface area contributed by atoms with Gasteiger partial charge in [-0.2, -0.15) is 0 Å². The fraction of sp³-hybridized carbons (Fsp3) is 0. The highest BCUT2D eigenvalue weighted by Gasteiger charge is 2.14. The van der Waals surface area contributed by atoms with Crippen LogP contribution in [0.5, 0.6) is 0 Å². The first-order chi connectivity index (χ1) is 10.9. The quantitative estimate of drug-likeness (QED) is 0.561. The van der Waals surface area contributed by atoms with Gasteiger partial charge in [0.1, 0.15) is 5.82 Å². The number of aromatic amines is 2. The Morgan fingerprint density at radius 1 is 0.682 bits per heavy atom. The summed E-state index contributed by atoms with van der Waals surface area (Å²) in [4.78, 5) is 11.4. The maximum absolute atomic E-state index is 4.82. The van der Waals surface area contributed by atoms with Crippen LogP contribution in [0.3, 0.4) is 0 Å². The number of nitrogens with one attached hydrogen (secondary N) is 2. The fourth-order valence-corrected chi connectivity index (χ4v) is 2.60. The summed E-state index contributed by atoms with van der Waals surface area (Å²) in [7, 11) is 0. The molecule has 0 spiro atoms. The molecule has 0 fully saturated rings. The molecular formula is C19H15N3. The van der Waals surface area contributed by atoms with E-state index in [9.17, 15) is 0 Å². The Kier molecular flexibility index (Phi) is 3.09. The molecule has 22 heavy (non-hydrogen) atoms. The van der Waals surface area contributed by atoms with Crippen LogP contribution in [-0.2, 0) is 0 Å². The Morgan fingerprint density at radius 3 is 2.00 bits per heavy atom. The number of benzene rings is 2.